The summed E-state index contributed by atoms with van der Waals surface area (Å²) in [7, 11) is 1.43. The van der Waals surface area contributed by atoms with Crippen molar-refractivity contribution >= 4 is 41.6 Å². The molecule has 1 amide bonds. The standard InChI is InChI=1S/C12H15BrClNO3S/c1-2-3-4-7-15-12(16)10-8-9(19(14,17)18)5-6-11(10)13/h5-6,8H,2-4,7H2,1H3,(H,15,16). The van der Waals surface area contributed by atoms with Crippen LogP contribution < -0.4 is 5.32 Å². The monoisotopic (exact) mass is 367 g/mol. The molecule has 0 bridgehead atoms. The fraction of sp³-hybridized carbons (Fsp3) is 0.417. The van der Waals surface area contributed by atoms with Crippen molar-refractivity contribution in [2.24, 2.45) is 0 Å². The van der Waals surface area contributed by atoms with Crippen LogP contribution in [0.5, 0.6) is 0 Å². The van der Waals surface area contributed by atoms with Crippen LogP contribution in [0.25, 0.3) is 0 Å². The number of hydrogen-bond donors (Lipinski definition) is 1. The smallest absolute Gasteiger partial charge is 0.261 e. The second kappa shape index (κ2) is 7.26. The molecule has 19 heavy (non-hydrogen) atoms. The average Bonchev–Trinajstić information content (AvgIpc) is 2.33. The van der Waals surface area contributed by atoms with Crippen LogP contribution in [-0.2, 0) is 9.05 Å². The summed E-state index contributed by atoms with van der Waals surface area (Å²) in [5, 5.41) is 2.75. The quantitative estimate of drug-likeness (QED) is 0.619. The maximum Gasteiger partial charge on any atom is 0.261 e. The van der Waals surface area contributed by atoms with Gasteiger partial charge in [0.25, 0.3) is 15.0 Å². The summed E-state index contributed by atoms with van der Waals surface area (Å²) in [6.07, 6.45) is 3.00. The lowest BCUT2D eigenvalue weighted by Crippen LogP contribution is -2.25. The third kappa shape index (κ3) is 5.12. The largest absolute Gasteiger partial charge is 0.352 e. The Labute approximate surface area is 126 Å². The highest BCUT2D eigenvalue weighted by molar-refractivity contribution is 9.10. The third-order valence-corrected chi connectivity index (χ3v) is 4.57. The maximum absolute atomic E-state index is 11.9. The summed E-state index contributed by atoms with van der Waals surface area (Å²) in [5.74, 6) is -0.315. The molecule has 4 nitrogen and oxygen atoms in total. The summed E-state index contributed by atoms with van der Waals surface area (Å²) >= 11 is 3.22. The van der Waals surface area contributed by atoms with Gasteiger partial charge in [-0.2, -0.15) is 0 Å². The molecule has 0 aliphatic carbocycles. The summed E-state index contributed by atoms with van der Waals surface area (Å²) in [6, 6.07) is 4.11. The minimum Gasteiger partial charge on any atom is -0.352 e. The van der Waals surface area contributed by atoms with E-state index in [9.17, 15) is 13.2 Å². The normalized spacial score (nSPS) is 11.3. The zero-order chi connectivity index (χ0) is 14.5. The SMILES string of the molecule is CCCCCNC(=O)c1cc(S(=O)(=O)Cl)ccc1Br. The highest BCUT2D eigenvalue weighted by atomic mass is 79.9. The predicted octanol–water partition coefficient (Wildman–Crippen LogP) is 3.30. The van der Waals surface area contributed by atoms with Gasteiger partial charge in [0, 0.05) is 21.7 Å². The number of benzene rings is 1. The van der Waals surface area contributed by atoms with Crippen molar-refractivity contribution in [1.82, 2.24) is 5.32 Å². The molecule has 0 aromatic heterocycles. The molecule has 0 atom stereocenters. The minimum absolute atomic E-state index is 0.0870. The van der Waals surface area contributed by atoms with Crippen LogP contribution in [0.1, 0.15) is 36.5 Å². The van der Waals surface area contributed by atoms with E-state index in [4.69, 9.17) is 10.7 Å². The average molecular weight is 369 g/mol. The second-order valence-corrected chi connectivity index (χ2v) is 7.46. The van der Waals surface area contributed by atoms with Crippen molar-refractivity contribution in [2.75, 3.05) is 6.54 Å². The van der Waals surface area contributed by atoms with E-state index >= 15 is 0 Å². The molecular formula is C12H15BrClNO3S. The van der Waals surface area contributed by atoms with E-state index in [1.807, 2.05) is 0 Å². The number of amides is 1. The van der Waals surface area contributed by atoms with Gasteiger partial charge in [0.2, 0.25) is 0 Å². The first-order chi connectivity index (χ1) is 8.86. The predicted molar refractivity (Wildman–Crippen MR) is 79.0 cm³/mol. The van der Waals surface area contributed by atoms with Gasteiger partial charge in [0.05, 0.1) is 10.5 Å². The molecule has 0 unspecified atom stereocenters. The van der Waals surface area contributed by atoms with E-state index in [0.717, 1.165) is 19.3 Å². The van der Waals surface area contributed by atoms with E-state index in [-0.39, 0.29) is 16.4 Å². The Hall–Kier alpha value is -0.590. The first-order valence-electron chi connectivity index (χ1n) is 5.88. The lowest BCUT2D eigenvalue weighted by atomic mass is 10.2. The van der Waals surface area contributed by atoms with Gasteiger partial charge in [0.1, 0.15) is 0 Å². The topological polar surface area (TPSA) is 63.2 Å². The van der Waals surface area contributed by atoms with E-state index < -0.39 is 9.05 Å². The van der Waals surface area contributed by atoms with Crippen LogP contribution in [0.2, 0.25) is 0 Å². The molecule has 0 saturated carbocycles. The van der Waals surface area contributed by atoms with Crippen LogP contribution in [0.15, 0.2) is 27.6 Å². The van der Waals surface area contributed by atoms with Gasteiger partial charge in [-0.3, -0.25) is 4.79 Å². The zero-order valence-corrected chi connectivity index (χ0v) is 13.6. The molecule has 0 spiro atoms. The first-order valence-corrected chi connectivity index (χ1v) is 8.99. The third-order valence-electron chi connectivity index (χ3n) is 2.53. The Morgan fingerprint density at radius 2 is 2.05 bits per heavy atom. The number of rotatable bonds is 6. The van der Waals surface area contributed by atoms with Gasteiger partial charge in [-0.25, -0.2) is 8.42 Å². The fourth-order valence-corrected chi connectivity index (χ4v) is 2.71. The van der Waals surface area contributed by atoms with Gasteiger partial charge in [0.15, 0.2) is 0 Å². The Morgan fingerprint density at radius 1 is 1.37 bits per heavy atom. The number of halogens is 2. The number of unbranched alkanes of at least 4 members (excludes halogenated alkanes) is 2. The summed E-state index contributed by atoms with van der Waals surface area (Å²) in [6.45, 7) is 2.64. The molecule has 1 aromatic carbocycles. The van der Waals surface area contributed by atoms with E-state index in [1.54, 1.807) is 0 Å². The highest BCUT2D eigenvalue weighted by Crippen LogP contribution is 2.23. The van der Waals surface area contributed by atoms with Gasteiger partial charge in [-0.15, -0.1) is 0 Å². The van der Waals surface area contributed by atoms with Crippen LogP contribution in [0.3, 0.4) is 0 Å². The number of nitrogens with one attached hydrogen (secondary N) is 1. The molecule has 0 heterocycles. The lowest BCUT2D eigenvalue weighted by molar-refractivity contribution is 0.0952. The number of hydrogen-bond acceptors (Lipinski definition) is 3. The molecule has 1 rings (SSSR count). The van der Waals surface area contributed by atoms with Crippen LogP contribution in [0.4, 0.5) is 0 Å². The molecular weight excluding hydrogens is 354 g/mol. The van der Waals surface area contributed by atoms with Gasteiger partial charge < -0.3 is 5.32 Å². The molecule has 0 saturated heterocycles. The molecule has 0 radical (unpaired) electrons. The van der Waals surface area contributed by atoms with E-state index in [1.165, 1.54) is 18.2 Å². The van der Waals surface area contributed by atoms with Crippen LogP contribution in [0, 0.1) is 0 Å². The van der Waals surface area contributed by atoms with Crippen molar-refractivity contribution < 1.29 is 13.2 Å². The van der Waals surface area contributed by atoms with E-state index in [2.05, 4.69) is 28.2 Å². The first kappa shape index (κ1) is 16.5. The van der Waals surface area contributed by atoms with Crippen molar-refractivity contribution in [3.8, 4) is 0 Å². The summed E-state index contributed by atoms with van der Waals surface area (Å²) in [5.41, 5.74) is 0.262. The molecule has 106 valence electrons. The Bertz CT molecular complexity index is 560. The number of carbonyl (C=O) groups is 1. The van der Waals surface area contributed by atoms with Crippen molar-refractivity contribution in [3.05, 3.63) is 28.2 Å². The minimum atomic E-state index is -3.83. The fourth-order valence-electron chi connectivity index (χ4n) is 1.50. The Balaban J connectivity index is 2.84. The van der Waals surface area contributed by atoms with Crippen molar-refractivity contribution in [3.63, 3.8) is 0 Å². The summed E-state index contributed by atoms with van der Waals surface area (Å²) in [4.78, 5) is 11.8. The van der Waals surface area contributed by atoms with Crippen molar-refractivity contribution in [2.45, 2.75) is 31.1 Å². The Morgan fingerprint density at radius 3 is 2.63 bits per heavy atom. The van der Waals surface area contributed by atoms with Crippen LogP contribution in [-0.4, -0.2) is 20.9 Å². The molecule has 7 heteroatoms. The second-order valence-electron chi connectivity index (χ2n) is 4.04. The van der Waals surface area contributed by atoms with Gasteiger partial charge in [-0.05, 0) is 40.5 Å². The number of carbonyl (C=O) groups excluding carboxylic acids is 1. The highest BCUT2D eigenvalue weighted by Gasteiger charge is 2.16. The summed E-state index contributed by atoms with van der Waals surface area (Å²) < 4.78 is 23.0. The van der Waals surface area contributed by atoms with Crippen LogP contribution >= 0.6 is 26.6 Å². The van der Waals surface area contributed by atoms with Gasteiger partial charge in [-0.1, -0.05) is 19.8 Å². The van der Waals surface area contributed by atoms with Gasteiger partial charge >= 0.3 is 0 Å². The maximum atomic E-state index is 11.9. The molecule has 0 aliphatic heterocycles. The zero-order valence-electron chi connectivity index (χ0n) is 10.4. The molecule has 0 fully saturated rings. The molecule has 1 aromatic rings. The lowest BCUT2D eigenvalue weighted by Gasteiger charge is -2.07. The molecule has 0 aliphatic rings. The molecule has 1 N–H and O–H groups in total. The Kier molecular flexibility index (Phi) is 6.29. The van der Waals surface area contributed by atoms with E-state index in [0.29, 0.717) is 11.0 Å². The van der Waals surface area contributed by atoms with Crippen molar-refractivity contribution in [1.29, 1.82) is 0 Å².